The fraction of sp³-hybridized carbons (Fsp3) is 0.476. The molecule has 0 bridgehead atoms. The molecule has 0 radical (unpaired) electrons. The van der Waals surface area contributed by atoms with Gasteiger partial charge in [-0.05, 0) is 12.0 Å². The van der Waals surface area contributed by atoms with Crippen LogP contribution in [0.5, 0.6) is 0 Å². The van der Waals surface area contributed by atoms with Gasteiger partial charge in [-0.1, -0.05) is 26.0 Å². The first-order chi connectivity index (χ1) is 14.4. The summed E-state index contributed by atoms with van der Waals surface area (Å²) in [4.78, 5) is 21.2. The van der Waals surface area contributed by atoms with Gasteiger partial charge in [0.2, 0.25) is 5.95 Å². The van der Waals surface area contributed by atoms with Gasteiger partial charge in [-0.2, -0.15) is 4.98 Å². The number of hydrogen-bond donors (Lipinski definition) is 3. The SMILES string of the molecule is COCC(=N)c1c(NC(c2ccc(C(C)(F)F)cc2F)C(C)C)nc(N(C)C)[nH]c1=O. The van der Waals surface area contributed by atoms with E-state index in [4.69, 9.17) is 10.1 Å². The number of aromatic amines is 1. The van der Waals surface area contributed by atoms with Crippen LogP contribution < -0.4 is 15.8 Å². The molecule has 1 aromatic carbocycles. The highest BCUT2D eigenvalue weighted by molar-refractivity contribution is 6.03. The van der Waals surface area contributed by atoms with E-state index < -0.39 is 28.9 Å². The maximum absolute atomic E-state index is 14.8. The number of aromatic nitrogens is 2. The zero-order valence-electron chi connectivity index (χ0n) is 18.4. The minimum absolute atomic E-state index is 0.0322. The van der Waals surface area contributed by atoms with Crippen molar-refractivity contribution >= 4 is 17.5 Å². The predicted molar refractivity (Wildman–Crippen MR) is 115 cm³/mol. The number of rotatable bonds is 9. The van der Waals surface area contributed by atoms with Crippen LogP contribution in [0.4, 0.5) is 24.9 Å². The molecule has 10 heteroatoms. The minimum atomic E-state index is -3.17. The van der Waals surface area contributed by atoms with E-state index in [0.717, 1.165) is 6.07 Å². The fourth-order valence-corrected chi connectivity index (χ4v) is 3.08. The Morgan fingerprint density at radius 1 is 1.35 bits per heavy atom. The molecule has 2 rings (SSSR count). The van der Waals surface area contributed by atoms with Gasteiger partial charge in [0, 0.05) is 39.3 Å². The van der Waals surface area contributed by atoms with Gasteiger partial charge in [0.1, 0.15) is 17.2 Å². The molecule has 0 spiro atoms. The van der Waals surface area contributed by atoms with E-state index in [1.807, 2.05) is 13.8 Å². The second-order valence-corrected chi connectivity index (χ2v) is 7.91. The molecule has 0 fully saturated rings. The lowest BCUT2D eigenvalue weighted by atomic mass is 9.93. The van der Waals surface area contributed by atoms with Gasteiger partial charge in [0.25, 0.3) is 11.5 Å². The third-order valence-electron chi connectivity index (χ3n) is 4.72. The number of ether oxygens (including phenoxy) is 1. The topological polar surface area (TPSA) is 94.1 Å². The second-order valence-electron chi connectivity index (χ2n) is 7.91. The molecule has 31 heavy (non-hydrogen) atoms. The molecule has 7 nitrogen and oxygen atoms in total. The average Bonchev–Trinajstić information content (AvgIpc) is 2.65. The number of anilines is 2. The van der Waals surface area contributed by atoms with Crippen molar-refractivity contribution in [2.45, 2.75) is 32.7 Å². The number of benzene rings is 1. The molecule has 1 aromatic heterocycles. The predicted octanol–water partition coefficient (Wildman–Crippen LogP) is 3.91. The summed E-state index contributed by atoms with van der Waals surface area (Å²) < 4.78 is 47.0. The standard InChI is InChI=1S/C21H28F3N5O2/c1-11(2)17(13-8-7-12(9-14(13)22)21(3,23)24)26-18-16(15(25)10-31-6)19(30)28-20(27-18)29(4)5/h7-9,11,17,25H,10H2,1-6H3,(H2,26,27,28,30). The van der Waals surface area contributed by atoms with Crippen molar-refractivity contribution in [2.75, 3.05) is 38.0 Å². The molecule has 1 heterocycles. The number of nitrogens with zero attached hydrogens (tertiary/aromatic N) is 2. The Labute approximate surface area is 179 Å². The van der Waals surface area contributed by atoms with Crippen molar-refractivity contribution in [3.63, 3.8) is 0 Å². The first kappa shape index (κ1) is 24.4. The van der Waals surface area contributed by atoms with Crippen molar-refractivity contribution in [2.24, 2.45) is 5.92 Å². The monoisotopic (exact) mass is 439 g/mol. The van der Waals surface area contributed by atoms with E-state index >= 15 is 0 Å². The second kappa shape index (κ2) is 9.51. The largest absolute Gasteiger partial charge is 0.378 e. The van der Waals surface area contributed by atoms with Gasteiger partial charge < -0.3 is 20.4 Å². The number of hydrogen-bond acceptors (Lipinski definition) is 6. The fourth-order valence-electron chi connectivity index (χ4n) is 3.08. The lowest BCUT2D eigenvalue weighted by Crippen LogP contribution is -2.29. The highest BCUT2D eigenvalue weighted by atomic mass is 19.3. The number of nitrogens with one attached hydrogen (secondary N) is 3. The molecule has 170 valence electrons. The molecule has 0 aliphatic rings. The third kappa shape index (κ3) is 5.63. The van der Waals surface area contributed by atoms with Crippen LogP contribution in [0.3, 0.4) is 0 Å². The summed E-state index contributed by atoms with van der Waals surface area (Å²) in [5, 5.41) is 11.2. The van der Waals surface area contributed by atoms with Gasteiger partial charge in [-0.15, -0.1) is 0 Å². The summed E-state index contributed by atoms with van der Waals surface area (Å²) >= 11 is 0. The maximum atomic E-state index is 14.8. The highest BCUT2D eigenvalue weighted by Crippen LogP contribution is 2.33. The smallest absolute Gasteiger partial charge is 0.270 e. The summed E-state index contributed by atoms with van der Waals surface area (Å²) in [6, 6.07) is 2.61. The lowest BCUT2D eigenvalue weighted by molar-refractivity contribution is 0.0171. The first-order valence-corrected chi connectivity index (χ1v) is 9.69. The number of methoxy groups -OCH3 is 1. The van der Waals surface area contributed by atoms with Gasteiger partial charge >= 0.3 is 0 Å². The first-order valence-electron chi connectivity index (χ1n) is 9.69. The molecule has 0 saturated heterocycles. The van der Waals surface area contributed by atoms with Gasteiger partial charge in [0.15, 0.2) is 0 Å². The Balaban J connectivity index is 2.59. The van der Waals surface area contributed by atoms with Gasteiger partial charge in [-0.25, -0.2) is 13.2 Å². The van der Waals surface area contributed by atoms with Crippen LogP contribution in [0.1, 0.15) is 43.5 Å². The maximum Gasteiger partial charge on any atom is 0.270 e. The Kier molecular flexibility index (Phi) is 7.48. The van der Waals surface area contributed by atoms with Gasteiger partial charge in [-0.3, -0.25) is 9.78 Å². The van der Waals surface area contributed by atoms with Gasteiger partial charge in [0.05, 0.1) is 18.4 Å². The summed E-state index contributed by atoms with van der Waals surface area (Å²) in [5.74, 6) is -3.84. The zero-order valence-corrected chi connectivity index (χ0v) is 18.4. The zero-order chi connectivity index (χ0) is 23.5. The van der Waals surface area contributed by atoms with E-state index in [0.29, 0.717) is 6.92 Å². The number of H-pyrrole nitrogens is 1. The molecular formula is C21H28F3N5O2. The summed E-state index contributed by atoms with van der Waals surface area (Å²) in [7, 11) is 4.77. The van der Waals surface area contributed by atoms with Crippen LogP contribution in [0.15, 0.2) is 23.0 Å². The minimum Gasteiger partial charge on any atom is -0.378 e. The molecule has 0 aliphatic carbocycles. The molecule has 1 atom stereocenters. The van der Waals surface area contributed by atoms with Crippen molar-refractivity contribution in [3.05, 3.63) is 51.1 Å². The lowest BCUT2D eigenvalue weighted by Gasteiger charge is -2.26. The van der Waals surface area contributed by atoms with Crippen molar-refractivity contribution in [3.8, 4) is 0 Å². The number of alkyl halides is 2. The molecule has 2 aromatic rings. The van der Waals surface area contributed by atoms with Crippen LogP contribution in [-0.2, 0) is 10.7 Å². The van der Waals surface area contributed by atoms with Crippen LogP contribution in [0.2, 0.25) is 0 Å². The molecule has 0 amide bonds. The van der Waals surface area contributed by atoms with Crippen LogP contribution >= 0.6 is 0 Å². The van der Waals surface area contributed by atoms with Crippen molar-refractivity contribution < 1.29 is 17.9 Å². The van der Waals surface area contributed by atoms with E-state index in [2.05, 4.69) is 15.3 Å². The van der Waals surface area contributed by atoms with E-state index in [-0.39, 0.29) is 41.1 Å². The number of halogens is 3. The Hall–Kier alpha value is -2.88. The molecule has 0 saturated carbocycles. The quantitative estimate of drug-likeness (QED) is 0.515. The average molecular weight is 439 g/mol. The summed E-state index contributed by atoms with van der Waals surface area (Å²) in [6.07, 6.45) is 0. The molecule has 1 unspecified atom stereocenters. The molecular weight excluding hydrogens is 411 g/mol. The van der Waals surface area contributed by atoms with Crippen LogP contribution in [0, 0.1) is 17.1 Å². The summed E-state index contributed by atoms with van der Waals surface area (Å²) in [6.45, 7) is 4.22. The van der Waals surface area contributed by atoms with E-state index in [1.165, 1.54) is 19.2 Å². The van der Waals surface area contributed by atoms with E-state index in [1.54, 1.807) is 19.0 Å². The third-order valence-corrected chi connectivity index (χ3v) is 4.72. The molecule has 3 N–H and O–H groups in total. The Morgan fingerprint density at radius 2 is 2.00 bits per heavy atom. The Morgan fingerprint density at radius 3 is 2.48 bits per heavy atom. The highest BCUT2D eigenvalue weighted by Gasteiger charge is 2.28. The van der Waals surface area contributed by atoms with E-state index in [9.17, 15) is 18.0 Å². The normalized spacial score (nSPS) is 12.7. The van der Waals surface area contributed by atoms with Crippen molar-refractivity contribution in [1.82, 2.24) is 9.97 Å². The Bertz CT molecular complexity index is 999. The van der Waals surface area contributed by atoms with Crippen LogP contribution in [-0.4, -0.2) is 43.5 Å². The molecule has 0 aliphatic heterocycles. The summed E-state index contributed by atoms with van der Waals surface area (Å²) in [5.41, 5.74) is -0.959. The van der Waals surface area contributed by atoms with Crippen molar-refractivity contribution in [1.29, 1.82) is 5.41 Å². The van der Waals surface area contributed by atoms with Crippen LogP contribution in [0.25, 0.3) is 0 Å².